The normalized spacial score (nSPS) is 10.1. The number of carbonyl (C=O) groups excluding carboxylic acids is 1. The van der Waals surface area contributed by atoms with E-state index in [1.165, 1.54) is 6.07 Å². The van der Waals surface area contributed by atoms with Gasteiger partial charge >= 0.3 is 0 Å². The van der Waals surface area contributed by atoms with Gasteiger partial charge in [0.1, 0.15) is 18.1 Å². The molecule has 1 amide bonds. The van der Waals surface area contributed by atoms with Crippen molar-refractivity contribution >= 4 is 29.1 Å². The molecule has 2 rings (SSSR count). The minimum Gasteiger partial charge on any atom is -0.497 e. The zero-order valence-electron chi connectivity index (χ0n) is 11.9. The van der Waals surface area contributed by atoms with Crippen molar-refractivity contribution in [3.63, 3.8) is 0 Å². The monoisotopic (exact) mass is 339 g/mol. The van der Waals surface area contributed by atoms with Gasteiger partial charge < -0.3 is 14.8 Å². The van der Waals surface area contributed by atoms with Gasteiger partial charge in [0.15, 0.2) is 0 Å². The lowest BCUT2D eigenvalue weighted by atomic mass is 10.2. The van der Waals surface area contributed by atoms with Gasteiger partial charge in [0, 0.05) is 5.56 Å². The quantitative estimate of drug-likeness (QED) is 0.814. The number of nitrogens with one attached hydrogen (secondary N) is 1. The fourth-order valence-electron chi connectivity index (χ4n) is 1.74. The van der Waals surface area contributed by atoms with Crippen LogP contribution >= 0.6 is 23.2 Å². The molecule has 0 saturated heterocycles. The molecule has 0 atom stereocenters. The van der Waals surface area contributed by atoms with Crippen LogP contribution in [0.1, 0.15) is 10.4 Å². The molecule has 6 heteroatoms. The minimum atomic E-state index is -0.225. The summed E-state index contributed by atoms with van der Waals surface area (Å²) in [5.41, 5.74) is 0.457. The molecule has 0 spiro atoms. The molecular formula is C16H15Cl2NO3. The highest BCUT2D eigenvalue weighted by Gasteiger charge is 2.07. The Balaban J connectivity index is 1.77. The third kappa shape index (κ3) is 4.55. The van der Waals surface area contributed by atoms with Crippen LogP contribution in [0.5, 0.6) is 11.5 Å². The molecule has 0 aliphatic carbocycles. The summed E-state index contributed by atoms with van der Waals surface area (Å²) in [5, 5.41) is 3.52. The van der Waals surface area contributed by atoms with E-state index >= 15 is 0 Å². The predicted octanol–water partition coefficient (Wildman–Crippen LogP) is 3.81. The van der Waals surface area contributed by atoms with Crippen molar-refractivity contribution < 1.29 is 14.3 Å². The molecule has 0 aliphatic rings. The molecule has 4 nitrogen and oxygen atoms in total. The summed E-state index contributed by atoms with van der Waals surface area (Å²) in [6, 6.07) is 12.0. The lowest BCUT2D eigenvalue weighted by Gasteiger charge is -2.09. The standard InChI is InChI=1S/C16H15Cl2NO3/c1-21-12-3-5-13(6-4-12)22-9-8-19-16(20)11-2-7-14(17)15(18)10-11/h2-7,10H,8-9H2,1H3,(H,19,20). The Hall–Kier alpha value is -1.91. The molecular weight excluding hydrogens is 325 g/mol. The van der Waals surface area contributed by atoms with Crippen LogP contribution in [0.3, 0.4) is 0 Å². The Bertz CT molecular complexity index is 644. The zero-order valence-corrected chi connectivity index (χ0v) is 13.4. The molecule has 116 valence electrons. The van der Waals surface area contributed by atoms with Crippen LogP contribution in [-0.4, -0.2) is 26.2 Å². The number of hydrogen-bond acceptors (Lipinski definition) is 3. The van der Waals surface area contributed by atoms with Gasteiger partial charge in [0.05, 0.1) is 23.7 Å². The molecule has 0 aliphatic heterocycles. The largest absolute Gasteiger partial charge is 0.497 e. The van der Waals surface area contributed by atoms with E-state index in [2.05, 4.69) is 5.32 Å². The second-order valence-corrected chi connectivity index (χ2v) is 5.22. The molecule has 1 N–H and O–H groups in total. The lowest BCUT2D eigenvalue weighted by molar-refractivity contribution is 0.0947. The SMILES string of the molecule is COc1ccc(OCCNC(=O)c2ccc(Cl)c(Cl)c2)cc1. The van der Waals surface area contributed by atoms with Gasteiger partial charge in [-0.2, -0.15) is 0 Å². The molecule has 22 heavy (non-hydrogen) atoms. The van der Waals surface area contributed by atoms with Crippen molar-refractivity contribution in [1.82, 2.24) is 5.32 Å². The fourth-order valence-corrected chi connectivity index (χ4v) is 2.04. The molecule has 2 aromatic carbocycles. The Morgan fingerprint density at radius 3 is 2.36 bits per heavy atom. The minimum absolute atomic E-state index is 0.225. The number of halogens is 2. The average molecular weight is 340 g/mol. The van der Waals surface area contributed by atoms with Crippen LogP contribution in [0.4, 0.5) is 0 Å². The lowest BCUT2D eigenvalue weighted by Crippen LogP contribution is -2.28. The summed E-state index contributed by atoms with van der Waals surface area (Å²) in [5.74, 6) is 1.25. The van der Waals surface area contributed by atoms with Crippen molar-refractivity contribution in [2.24, 2.45) is 0 Å². The zero-order chi connectivity index (χ0) is 15.9. The number of amides is 1. The topological polar surface area (TPSA) is 47.6 Å². The number of rotatable bonds is 6. The van der Waals surface area contributed by atoms with Crippen LogP contribution in [-0.2, 0) is 0 Å². The summed E-state index contributed by atoms with van der Waals surface area (Å²) < 4.78 is 10.6. The molecule has 0 bridgehead atoms. The van der Waals surface area contributed by atoms with Gasteiger partial charge in [0.2, 0.25) is 0 Å². The van der Waals surface area contributed by atoms with Crippen molar-refractivity contribution in [2.45, 2.75) is 0 Å². The first-order valence-electron chi connectivity index (χ1n) is 6.60. The number of carbonyl (C=O) groups is 1. The van der Waals surface area contributed by atoms with E-state index in [1.54, 1.807) is 31.4 Å². The van der Waals surface area contributed by atoms with Crippen LogP contribution in [0.25, 0.3) is 0 Å². The Kier molecular flexibility index (Phi) is 5.92. The van der Waals surface area contributed by atoms with E-state index in [9.17, 15) is 4.79 Å². The van der Waals surface area contributed by atoms with Gasteiger partial charge in [-0.15, -0.1) is 0 Å². The molecule has 0 heterocycles. The third-order valence-electron chi connectivity index (χ3n) is 2.90. The van der Waals surface area contributed by atoms with Crippen LogP contribution in [0.15, 0.2) is 42.5 Å². The first kappa shape index (κ1) is 16.5. The molecule has 0 saturated carbocycles. The van der Waals surface area contributed by atoms with E-state index in [-0.39, 0.29) is 5.91 Å². The number of methoxy groups -OCH3 is 1. The van der Waals surface area contributed by atoms with E-state index in [4.69, 9.17) is 32.7 Å². The molecule has 0 unspecified atom stereocenters. The van der Waals surface area contributed by atoms with Gasteiger partial charge in [0.25, 0.3) is 5.91 Å². The maximum Gasteiger partial charge on any atom is 0.251 e. The second-order valence-electron chi connectivity index (χ2n) is 4.41. The summed E-state index contributed by atoms with van der Waals surface area (Å²) in [6.07, 6.45) is 0. The summed E-state index contributed by atoms with van der Waals surface area (Å²) in [7, 11) is 1.61. The highest BCUT2D eigenvalue weighted by molar-refractivity contribution is 6.42. The van der Waals surface area contributed by atoms with Crippen molar-refractivity contribution in [1.29, 1.82) is 0 Å². The van der Waals surface area contributed by atoms with E-state index in [0.29, 0.717) is 34.5 Å². The second kappa shape index (κ2) is 7.92. The van der Waals surface area contributed by atoms with E-state index in [1.807, 2.05) is 12.1 Å². The molecule has 0 aromatic heterocycles. The van der Waals surface area contributed by atoms with Gasteiger partial charge in [-0.05, 0) is 42.5 Å². The van der Waals surface area contributed by atoms with Crippen LogP contribution in [0, 0.1) is 0 Å². The first-order valence-corrected chi connectivity index (χ1v) is 7.36. The number of ether oxygens (including phenoxy) is 2. The Labute approximate surface area is 138 Å². The maximum absolute atomic E-state index is 11.9. The molecule has 0 radical (unpaired) electrons. The van der Waals surface area contributed by atoms with Gasteiger partial charge in [-0.1, -0.05) is 23.2 Å². The Morgan fingerprint density at radius 2 is 1.73 bits per heavy atom. The smallest absolute Gasteiger partial charge is 0.251 e. The predicted molar refractivity (Wildman–Crippen MR) is 87.3 cm³/mol. The summed E-state index contributed by atoms with van der Waals surface area (Å²) in [4.78, 5) is 11.9. The van der Waals surface area contributed by atoms with Crippen LogP contribution in [0.2, 0.25) is 10.0 Å². The highest BCUT2D eigenvalue weighted by atomic mass is 35.5. The van der Waals surface area contributed by atoms with E-state index < -0.39 is 0 Å². The van der Waals surface area contributed by atoms with Gasteiger partial charge in [-0.3, -0.25) is 4.79 Å². The van der Waals surface area contributed by atoms with Crippen LogP contribution < -0.4 is 14.8 Å². The van der Waals surface area contributed by atoms with Gasteiger partial charge in [-0.25, -0.2) is 0 Å². The summed E-state index contributed by atoms with van der Waals surface area (Å²) >= 11 is 11.7. The number of hydrogen-bond donors (Lipinski definition) is 1. The molecule has 0 fully saturated rings. The summed E-state index contributed by atoms with van der Waals surface area (Å²) in [6.45, 7) is 0.741. The number of benzene rings is 2. The van der Waals surface area contributed by atoms with E-state index in [0.717, 1.165) is 5.75 Å². The average Bonchev–Trinajstić information content (AvgIpc) is 2.54. The Morgan fingerprint density at radius 1 is 1.05 bits per heavy atom. The fraction of sp³-hybridized carbons (Fsp3) is 0.188. The highest BCUT2D eigenvalue weighted by Crippen LogP contribution is 2.22. The van der Waals surface area contributed by atoms with Crippen molar-refractivity contribution in [2.75, 3.05) is 20.3 Å². The van der Waals surface area contributed by atoms with Crippen molar-refractivity contribution in [3.8, 4) is 11.5 Å². The van der Waals surface area contributed by atoms with Crippen molar-refractivity contribution in [3.05, 3.63) is 58.1 Å². The maximum atomic E-state index is 11.9. The third-order valence-corrected chi connectivity index (χ3v) is 3.64. The molecule has 2 aromatic rings. The first-order chi connectivity index (χ1) is 10.6.